The molecule has 2 amide bonds. The van der Waals surface area contributed by atoms with Crippen LogP contribution in [-0.4, -0.2) is 77.4 Å². The molecular weight excluding hydrogens is 404 g/mol. The molecule has 150 valence electrons. The number of carbonyl (C=O) groups is 4. The van der Waals surface area contributed by atoms with Crippen molar-refractivity contribution in [3.05, 3.63) is 0 Å². The lowest BCUT2D eigenvalue weighted by atomic mass is 9.80. The Bertz CT molecular complexity index is 784. The highest BCUT2D eigenvalue weighted by Gasteiger charge is 2.79. The Hall–Kier alpha value is -1.10. The van der Waals surface area contributed by atoms with E-state index in [9.17, 15) is 29.4 Å². The standard InChI is InChI=1S/C18H20N2O6S2/c21-9-1-3-11(23)13-7(9)5-17-15(25)20-14-8(10(22)2-4-12(14)24)6-18(20,28-27-17)16(26)19(13)17/h7-8,11-14,23-24H,1-6H2/t7-,8-,11+,12+,13+,14+,17-,18-/m1/s1. The molecule has 28 heavy (non-hydrogen) atoms. The van der Waals surface area contributed by atoms with Gasteiger partial charge in [-0.2, -0.15) is 0 Å². The van der Waals surface area contributed by atoms with Crippen LogP contribution >= 0.6 is 21.6 Å². The van der Waals surface area contributed by atoms with E-state index in [1.807, 2.05) is 0 Å². The smallest absolute Gasteiger partial charge is 0.261 e. The summed E-state index contributed by atoms with van der Waals surface area (Å²) in [6.07, 6.45) is -0.142. The van der Waals surface area contributed by atoms with E-state index in [1.54, 1.807) is 0 Å². The highest BCUT2D eigenvalue weighted by molar-refractivity contribution is 8.78. The van der Waals surface area contributed by atoms with Gasteiger partial charge in [0.05, 0.1) is 24.3 Å². The number of amides is 2. The number of nitrogens with zero attached hydrogens (tertiary/aromatic N) is 2. The number of aliphatic hydroxyl groups excluding tert-OH is 2. The first-order valence-corrected chi connectivity index (χ1v) is 11.9. The van der Waals surface area contributed by atoms with Crippen LogP contribution in [0.5, 0.6) is 0 Å². The van der Waals surface area contributed by atoms with E-state index in [1.165, 1.54) is 31.4 Å². The van der Waals surface area contributed by atoms with Gasteiger partial charge in [0.2, 0.25) is 0 Å². The third-order valence-corrected chi connectivity index (χ3v) is 11.2. The number of hydrogen-bond donors (Lipinski definition) is 2. The predicted molar refractivity (Wildman–Crippen MR) is 98.6 cm³/mol. The number of rotatable bonds is 0. The van der Waals surface area contributed by atoms with Crippen LogP contribution in [0.1, 0.15) is 38.5 Å². The summed E-state index contributed by atoms with van der Waals surface area (Å²) in [6.45, 7) is 0. The molecular formula is C18H20N2O6S2. The van der Waals surface area contributed by atoms with Gasteiger partial charge in [0, 0.05) is 37.5 Å². The van der Waals surface area contributed by atoms with Crippen LogP contribution in [0.2, 0.25) is 0 Å². The van der Waals surface area contributed by atoms with Crippen molar-refractivity contribution in [3.63, 3.8) is 0 Å². The van der Waals surface area contributed by atoms with E-state index >= 15 is 0 Å². The molecule has 0 unspecified atom stereocenters. The third-order valence-electron chi connectivity index (χ3n) is 7.60. The molecule has 7 aliphatic rings. The molecule has 8 nitrogen and oxygen atoms in total. The SMILES string of the molecule is O=C1CC[C@H](O)[C@@H]2[C@@H]1C[C@@]13SS[C@]4(C[C@@H]5C(=O)CC[C@H](O)[C@H]5N4C1=O)C(=O)N23. The molecule has 2 saturated carbocycles. The largest absolute Gasteiger partial charge is 0.391 e. The normalized spacial score (nSPS) is 51.9. The zero-order chi connectivity index (χ0) is 19.6. The molecule has 7 rings (SSSR count). The van der Waals surface area contributed by atoms with E-state index in [-0.39, 0.29) is 49.1 Å². The number of piperazine rings is 1. The molecule has 7 fully saturated rings. The summed E-state index contributed by atoms with van der Waals surface area (Å²) in [7, 11) is 2.60. The van der Waals surface area contributed by atoms with E-state index in [4.69, 9.17) is 0 Å². The van der Waals surface area contributed by atoms with Crippen LogP contribution in [0.4, 0.5) is 0 Å². The lowest BCUT2D eigenvalue weighted by molar-refractivity contribution is -0.171. The Morgan fingerprint density at radius 3 is 1.54 bits per heavy atom. The average molecular weight is 425 g/mol. The fourth-order valence-electron chi connectivity index (χ4n) is 6.37. The Morgan fingerprint density at radius 1 is 0.750 bits per heavy atom. The van der Waals surface area contributed by atoms with Crippen molar-refractivity contribution in [1.29, 1.82) is 0 Å². The first kappa shape index (κ1) is 17.7. The second kappa shape index (κ2) is 5.33. The van der Waals surface area contributed by atoms with Gasteiger partial charge in [-0.15, -0.1) is 0 Å². The third kappa shape index (κ3) is 1.76. The molecule has 2 bridgehead atoms. The second-order valence-electron chi connectivity index (χ2n) is 8.83. The maximum atomic E-state index is 13.8. The minimum atomic E-state index is -1.23. The van der Waals surface area contributed by atoms with Gasteiger partial charge < -0.3 is 20.0 Å². The molecule has 0 radical (unpaired) electrons. The van der Waals surface area contributed by atoms with Crippen molar-refractivity contribution in [3.8, 4) is 0 Å². The van der Waals surface area contributed by atoms with Crippen molar-refractivity contribution < 1.29 is 29.4 Å². The number of Topliss-reactive ketones (excluding diaryl/α,β-unsaturated/α-hetero) is 2. The summed E-state index contributed by atoms with van der Waals surface area (Å²) in [6, 6.07) is -1.35. The van der Waals surface area contributed by atoms with Gasteiger partial charge in [-0.1, -0.05) is 21.6 Å². The van der Waals surface area contributed by atoms with Crippen LogP contribution in [-0.2, 0) is 19.2 Å². The van der Waals surface area contributed by atoms with E-state index < -0.39 is 45.9 Å². The fraction of sp³-hybridized carbons (Fsp3) is 0.778. The van der Waals surface area contributed by atoms with Crippen molar-refractivity contribution in [2.45, 2.75) is 72.6 Å². The Balaban J connectivity index is 1.50. The van der Waals surface area contributed by atoms with Crippen LogP contribution in [0, 0.1) is 11.8 Å². The van der Waals surface area contributed by atoms with Gasteiger partial charge in [-0.05, 0) is 12.8 Å². The van der Waals surface area contributed by atoms with Gasteiger partial charge >= 0.3 is 0 Å². The van der Waals surface area contributed by atoms with Crippen LogP contribution < -0.4 is 0 Å². The minimum absolute atomic E-state index is 0.00265. The van der Waals surface area contributed by atoms with Gasteiger partial charge in [0.1, 0.15) is 11.6 Å². The van der Waals surface area contributed by atoms with Crippen LogP contribution in [0.15, 0.2) is 0 Å². The van der Waals surface area contributed by atoms with Gasteiger partial charge in [0.15, 0.2) is 9.74 Å². The summed E-state index contributed by atoms with van der Waals surface area (Å²) < 4.78 is 0. The number of hydrogen-bond acceptors (Lipinski definition) is 8. The van der Waals surface area contributed by atoms with Crippen molar-refractivity contribution in [1.82, 2.24) is 9.80 Å². The first-order valence-electron chi connectivity index (χ1n) is 9.78. The van der Waals surface area contributed by atoms with Crippen LogP contribution in [0.3, 0.4) is 0 Å². The molecule has 2 aliphatic carbocycles. The zero-order valence-electron chi connectivity index (χ0n) is 14.9. The van der Waals surface area contributed by atoms with E-state index in [0.717, 1.165) is 0 Å². The Morgan fingerprint density at radius 2 is 1.14 bits per heavy atom. The Labute approximate surface area is 168 Å². The minimum Gasteiger partial charge on any atom is -0.391 e. The summed E-state index contributed by atoms with van der Waals surface area (Å²) >= 11 is 0. The van der Waals surface area contributed by atoms with Gasteiger partial charge in [-0.25, -0.2) is 0 Å². The zero-order valence-corrected chi connectivity index (χ0v) is 16.6. The molecule has 10 heteroatoms. The lowest BCUT2D eigenvalue weighted by Crippen LogP contribution is -2.77. The maximum Gasteiger partial charge on any atom is 0.261 e. The average Bonchev–Trinajstić information content (AvgIpc) is 3.22. The fourth-order valence-corrected chi connectivity index (χ4v) is 10.2. The predicted octanol–water partition coefficient (Wildman–Crippen LogP) is -0.331. The number of fused-ring (bicyclic) bond motifs is 3. The maximum absolute atomic E-state index is 13.8. The topological polar surface area (TPSA) is 115 Å². The molecule has 5 heterocycles. The molecule has 0 aromatic carbocycles. The van der Waals surface area contributed by atoms with Gasteiger partial charge in [-0.3, -0.25) is 19.2 Å². The van der Waals surface area contributed by atoms with E-state index in [2.05, 4.69) is 0 Å². The monoisotopic (exact) mass is 424 g/mol. The Kier molecular flexibility index (Phi) is 3.37. The van der Waals surface area contributed by atoms with Gasteiger partial charge in [0.25, 0.3) is 11.8 Å². The molecule has 0 aromatic heterocycles. The summed E-state index contributed by atoms with van der Waals surface area (Å²) in [5.41, 5.74) is 0. The second-order valence-corrected chi connectivity index (χ2v) is 11.5. The highest BCUT2D eigenvalue weighted by atomic mass is 33.1. The molecule has 5 saturated heterocycles. The number of aliphatic hydroxyl groups is 2. The van der Waals surface area contributed by atoms with E-state index in [0.29, 0.717) is 12.8 Å². The summed E-state index contributed by atoms with van der Waals surface area (Å²) in [5, 5.41) is 21.2. The van der Waals surface area contributed by atoms with Crippen molar-refractivity contribution >= 4 is 45.0 Å². The summed E-state index contributed by atoms with van der Waals surface area (Å²) in [4.78, 5) is 53.1. The summed E-state index contributed by atoms with van der Waals surface area (Å²) in [5.74, 6) is -1.64. The molecule has 8 atom stereocenters. The quantitative estimate of drug-likeness (QED) is 0.508. The van der Waals surface area contributed by atoms with Crippen molar-refractivity contribution in [2.24, 2.45) is 11.8 Å². The number of ketones is 2. The lowest BCUT2D eigenvalue weighted by Gasteiger charge is -2.59. The van der Waals surface area contributed by atoms with Crippen molar-refractivity contribution in [2.75, 3.05) is 0 Å². The highest BCUT2D eigenvalue weighted by Crippen LogP contribution is 2.69. The molecule has 2 N–H and O–H groups in total. The first-order chi connectivity index (χ1) is 13.3. The number of carbonyl (C=O) groups excluding carboxylic acids is 4. The molecule has 5 aliphatic heterocycles. The molecule has 2 spiro atoms. The molecule has 0 aromatic rings. The van der Waals surface area contributed by atoms with Crippen LogP contribution in [0.25, 0.3) is 0 Å².